The third-order valence-corrected chi connectivity index (χ3v) is 2.76. The Hall–Kier alpha value is -2.87. The molecule has 0 radical (unpaired) electrons. The number of aromatic amines is 2. The number of carboxylic acid groups (broad SMARTS) is 1. The largest absolute Gasteiger partial charge is 0.478 e. The maximum absolute atomic E-state index is 11.9. The molecule has 21 heavy (non-hydrogen) atoms. The Morgan fingerprint density at radius 3 is 2.52 bits per heavy atom. The van der Waals surface area contributed by atoms with Crippen LogP contribution in [-0.2, 0) is 0 Å². The van der Waals surface area contributed by atoms with Crippen molar-refractivity contribution in [2.45, 2.75) is 0 Å². The minimum absolute atomic E-state index is 0.0643. The molecule has 4 N–H and O–H groups in total. The van der Waals surface area contributed by atoms with Gasteiger partial charge in [-0.25, -0.2) is 9.59 Å². The van der Waals surface area contributed by atoms with Gasteiger partial charge in [-0.1, -0.05) is 11.6 Å². The number of hydrogen-bond acceptors (Lipinski definition) is 4. The Balaban J connectivity index is 2.40. The number of rotatable bonds is 3. The minimum Gasteiger partial charge on any atom is -0.478 e. The second kappa shape index (κ2) is 5.63. The van der Waals surface area contributed by atoms with Crippen molar-refractivity contribution in [2.75, 3.05) is 5.32 Å². The molecule has 108 valence electrons. The lowest BCUT2D eigenvalue weighted by atomic mass is 10.1. The van der Waals surface area contributed by atoms with Crippen molar-refractivity contribution >= 4 is 29.2 Å². The van der Waals surface area contributed by atoms with Gasteiger partial charge in [-0.15, -0.1) is 0 Å². The highest BCUT2D eigenvalue weighted by Crippen LogP contribution is 2.21. The number of benzene rings is 1. The van der Waals surface area contributed by atoms with Gasteiger partial charge in [-0.3, -0.25) is 14.6 Å². The number of amides is 1. The maximum atomic E-state index is 11.9. The smallest absolute Gasteiger partial charge is 0.337 e. The molecule has 1 aromatic heterocycles. The van der Waals surface area contributed by atoms with Crippen LogP contribution in [-0.4, -0.2) is 27.0 Å². The molecular weight excluding hydrogens is 302 g/mol. The molecule has 1 heterocycles. The first kappa shape index (κ1) is 14.5. The molecule has 2 aromatic rings. The predicted molar refractivity (Wildman–Crippen MR) is 74.0 cm³/mol. The van der Waals surface area contributed by atoms with Crippen LogP contribution in [0.4, 0.5) is 5.69 Å². The third-order valence-electron chi connectivity index (χ3n) is 2.52. The molecule has 0 saturated heterocycles. The lowest BCUT2D eigenvalue weighted by Gasteiger charge is -2.08. The zero-order valence-corrected chi connectivity index (χ0v) is 11.0. The molecule has 0 unspecified atom stereocenters. The normalized spacial score (nSPS) is 10.1. The van der Waals surface area contributed by atoms with E-state index in [1.54, 1.807) is 0 Å². The Bertz CT molecular complexity index is 839. The summed E-state index contributed by atoms with van der Waals surface area (Å²) in [5, 5.41) is 11.5. The molecule has 8 nitrogen and oxygen atoms in total. The quantitative estimate of drug-likeness (QED) is 0.661. The molecule has 0 aliphatic heterocycles. The molecule has 0 spiro atoms. The van der Waals surface area contributed by atoms with E-state index >= 15 is 0 Å². The minimum atomic E-state index is -1.27. The van der Waals surface area contributed by atoms with Gasteiger partial charge in [0.1, 0.15) is 5.56 Å². The van der Waals surface area contributed by atoms with Gasteiger partial charge >= 0.3 is 11.7 Å². The Kier molecular flexibility index (Phi) is 3.90. The van der Waals surface area contributed by atoms with Crippen LogP contribution >= 0.6 is 11.6 Å². The van der Waals surface area contributed by atoms with Crippen LogP contribution in [0.1, 0.15) is 20.7 Å². The molecule has 2 rings (SSSR count). The van der Waals surface area contributed by atoms with E-state index in [0.717, 1.165) is 6.20 Å². The van der Waals surface area contributed by atoms with Crippen LogP contribution in [0, 0.1) is 0 Å². The van der Waals surface area contributed by atoms with Crippen LogP contribution in [0.5, 0.6) is 0 Å². The summed E-state index contributed by atoms with van der Waals surface area (Å²) in [5.41, 5.74) is -2.27. The number of aromatic carboxylic acids is 1. The predicted octanol–water partition coefficient (Wildman–Crippen LogP) is 0.667. The highest BCUT2D eigenvalue weighted by molar-refractivity contribution is 6.31. The van der Waals surface area contributed by atoms with Gasteiger partial charge in [0.05, 0.1) is 11.3 Å². The van der Waals surface area contributed by atoms with E-state index in [0.29, 0.717) is 0 Å². The number of aromatic nitrogens is 2. The van der Waals surface area contributed by atoms with E-state index in [4.69, 9.17) is 16.7 Å². The van der Waals surface area contributed by atoms with E-state index < -0.39 is 23.1 Å². The van der Waals surface area contributed by atoms with Crippen molar-refractivity contribution in [1.82, 2.24) is 9.97 Å². The van der Waals surface area contributed by atoms with Crippen LogP contribution in [0.15, 0.2) is 34.0 Å². The van der Waals surface area contributed by atoms with Crippen molar-refractivity contribution in [2.24, 2.45) is 0 Å². The van der Waals surface area contributed by atoms with Crippen LogP contribution in [0.25, 0.3) is 0 Å². The first-order valence-corrected chi connectivity index (χ1v) is 5.92. The summed E-state index contributed by atoms with van der Waals surface area (Å²) in [6.45, 7) is 0. The molecule has 0 fully saturated rings. The highest BCUT2D eigenvalue weighted by atomic mass is 35.5. The van der Waals surface area contributed by atoms with Gasteiger partial charge in [-0.2, -0.15) is 0 Å². The molecule has 1 aromatic carbocycles. The zero-order valence-electron chi connectivity index (χ0n) is 10.3. The van der Waals surface area contributed by atoms with Crippen molar-refractivity contribution < 1.29 is 14.7 Å². The van der Waals surface area contributed by atoms with E-state index in [2.05, 4.69) is 10.3 Å². The topological polar surface area (TPSA) is 132 Å². The van der Waals surface area contributed by atoms with Crippen LogP contribution in [0.2, 0.25) is 5.02 Å². The van der Waals surface area contributed by atoms with Gasteiger partial charge in [0.15, 0.2) is 0 Å². The Labute approximate surface area is 121 Å². The van der Waals surface area contributed by atoms with Gasteiger partial charge in [0, 0.05) is 11.2 Å². The molecule has 0 atom stereocenters. The fraction of sp³-hybridized carbons (Fsp3) is 0. The number of nitrogens with one attached hydrogen (secondary N) is 3. The highest BCUT2D eigenvalue weighted by Gasteiger charge is 2.16. The standard InChI is InChI=1S/C12H8ClN3O5/c13-5-1-2-6(11(19)20)8(3-5)15-9(17)7-4-14-12(21)16-10(7)18/h1-4H,(H,15,17)(H,19,20)(H2,14,16,18,21). The van der Waals surface area contributed by atoms with Gasteiger partial charge < -0.3 is 15.4 Å². The summed E-state index contributed by atoms with van der Waals surface area (Å²) in [4.78, 5) is 49.4. The average Bonchev–Trinajstić information content (AvgIpc) is 2.37. The fourth-order valence-electron chi connectivity index (χ4n) is 1.57. The number of hydrogen-bond donors (Lipinski definition) is 4. The van der Waals surface area contributed by atoms with Gasteiger partial charge in [0.25, 0.3) is 11.5 Å². The van der Waals surface area contributed by atoms with Crippen molar-refractivity contribution in [3.8, 4) is 0 Å². The van der Waals surface area contributed by atoms with Gasteiger partial charge in [-0.05, 0) is 18.2 Å². The number of halogens is 1. The summed E-state index contributed by atoms with van der Waals surface area (Å²) in [6.07, 6.45) is 0.932. The van der Waals surface area contributed by atoms with Crippen molar-refractivity contribution in [3.63, 3.8) is 0 Å². The molecule has 0 bridgehead atoms. The Morgan fingerprint density at radius 1 is 1.19 bits per heavy atom. The van der Waals surface area contributed by atoms with Crippen molar-refractivity contribution in [1.29, 1.82) is 0 Å². The molecule has 0 saturated carbocycles. The lowest BCUT2D eigenvalue weighted by molar-refractivity contribution is 0.0698. The number of carboxylic acids is 1. The zero-order chi connectivity index (χ0) is 15.6. The Morgan fingerprint density at radius 2 is 1.90 bits per heavy atom. The monoisotopic (exact) mass is 309 g/mol. The first-order chi connectivity index (χ1) is 9.88. The molecule has 0 aliphatic rings. The molecule has 1 amide bonds. The number of carbonyl (C=O) groups is 2. The second-order valence-electron chi connectivity index (χ2n) is 3.93. The molecular formula is C12H8ClN3O5. The fourth-order valence-corrected chi connectivity index (χ4v) is 1.75. The van der Waals surface area contributed by atoms with Crippen LogP contribution in [0.3, 0.4) is 0 Å². The molecule has 0 aliphatic carbocycles. The summed E-state index contributed by atoms with van der Waals surface area (Å²) >= 11 is 5.74. The number of H-pyrrole nitrogens is 2. The summed E-state index contributed by atoms with van der Waals surface area (Å²) < 4.78 is 0. The number of carbonyl (C=O) groups excluding carboxylic acids is 1. The van der Waals surface area contributed by atoms with Gasteiger partial charge in [0.2, 0.25) is 0 Å². The van der Waals surface area contributed by atoms with E-state index in [1.165, 1.54) is 18.2 Å². The summed E-state index contributed by atoms with van der Waals surface area (Å²) in [6, 6.07) is 3.81. The summed E-state index contributed by atoms with van der Waals surface area (Å²) in [7, 11) is 0. The maximum Gasteiger partial charge on any atom is 0.337 e. The van der Waals surface area contributed by atoms with Crippen molar-refractivity contribution in [3.05, 3.63) is 61.4 Å². The second-order valence-corrected chi connectivity index (χ2v) is 4.37. The van der Waals surface area contributed by atoms with E-state index in [-0.39, 0.29) is 21.8 Å². The van der Waals surface area contributed by atoms with E-state index in [1.807, 2.05) is 4.98 Å². The van der Waals surface area contributed by atoms with E-state index in [9.17, 15) is 19.2 Å². The summed E-state index contributed by atoms with van der Waals surface area (Å²) in [5.74, 6) is -2.14. The lowest BCUT2D eigenvalue weighted by Crippen LogP contribution is -2.30. The first-order valence-electron chi connectivity index (χ1n) is 5.54. The average molecular weight is 310 g/mol. The number of anilines is 1. The third kappa shape index (κ3) is 3.18. The van der Waals surface area contributed by atoms with Crippen LogP contribution < -0.4 is 16.6 Å². The SMILES string of the molecule is O=C(O)c1ccc(Cl)cc1NC(=O)c1c[nH]c(=O)[nH]c1=O. The molecule has 9 heteroatoms.